The van der Waals surface area contributed by atoms with Crippen molar-refractivity contribution in [1.29, 1.82) is 0 Å². The minimum Gasteiger partial charge on any atom is -0.481 e. The van der Waals surface area contributed by atoms with E-state index < -0.39 is 17.7 Å². The Hall–Kier alpha value is -1.63. The molecule has 2 N–H and O–H groups in total. The van der Waals surface area contributed by atoms with Crippen LogP contribution in [0.15, 0.2) is 5.38 Å². The van der Waals surface area contributed by atoms with Crippen LogP contribution in [0.2, 0.25) is 0 Å². The zero-order chi connectivity index (χ0) is 17.4. The van der Waals surface area contributed by atoms with Crippen LogP contribution in [0, 0.1) is 11.3 Å². The molecule has 1 fully saturated rings. The molecule has 6 nitrogen and oxygen atoms in total. The van der Waals surface area contributed by atoms with Gasteiger partial charge in [0.05, 0.1) is 5.69 Å². The summed E-state index contributed by atoms with van der Waals surface area (Å²) < 4.78 is 5.20. The molecule has 2 atom stereocenters. The largest absolute Gasteiger partial charge is 0.481 e. The minimum absolute atomic E-state index is 0.102. The van der Waals surface area contributed by atoms with Gasteiger partial charge in [0.25, 0.3) is 0 Å². The molecule has 1 aromatic rings. The average molecular weight is 340 g/mol. The summed E-state index contributed by atoms with van der Waals surface area (Å²) in [5.41, 5.74) is 0.257. The van der Waals surface area contributed by atoms with Gasteiger partial charge in [-0.15, -0.1) is 11.3 Å². The van der Waals surface area contributed by atoms with Crippen LogP contribution < -0.4 is 5.32 Å². The standard InChI is InChI=1S/C16H24N2O4S/c1-15(2,3)22-14(21)18-13-17-11(8-23-13)10-6-9(7-12(19)20)16(10,4)5/h8-10H,6-7H2,1-5H3,(H,19,20)(H,17,18,21)/t9-,10+/m0/s1. The molecule has 1 aliphatic rings. The quantitative estimate of drug-likeness (QED) is 0.861. The molecular weight excluding hydrogens is 316 g/mol. The van der Waals surface area contributed by atoms with Gasteiger partial charge in [-0.1, -0.05) is 13.8 Å². The van der Waals surface area contributed by atoms with Gasteiger partial charge in [0, 0.05) is 17.7 Å². The fourth-order valence-electron chi connectivity index (χ4n) is 2.97. The summed E-state index contributed by atoms with van der Waals surface area (Å²) in [6.07, 6.45) is 0.487. The lowest BCUT2D eigenvalue weighted by Gasteiger charge is -2.51. The number of hydrogen-bond acceptors (Lipinski definition) is 5. The third-order valence-electron chi connectivity index (χ3n) is 4.38. The number of hydrogen-bond donors (Lipinski definition) is 2. The molecule has 0 aliphatic heterocycles. The van der Waals surface area contributed by atoms with Crippen LogP contribution in [0.1, 0.15) is 59.1 Å². The van der Waals surface area contributed by atoms with E-state index in [2.05, 4.69) is 24.1 Å². The van der Waals surface area contributed by atoms with Gasteiger partial charge in [-0.2, -0.15) is 0 Å². The summed E-state index contributed by atoms with van der Waals surface area (Å²) >= 11 is 1.36. The average Bonchev–Trinajstić information content (AvgIpc) is 2.78. The SMILES string of the molecule is CC(C)(C)OC(=O)Nc1nc([C@H]2C[C@@H](CC(=O)O)C2(C)C)cs1. The first-order valence-electron chi connectivity index (χ1n) is 7.66. The first-order valence-corrected chi connectivity index (χ1v) is 8.54. The van der Waals surface area contributed by atoms with Gasteiger partial charge < -0.3 is 9.84 Å². The van der Waals surface area contributed by atoms with Gasteiger partial charge in [0.15, 0.2) is 5.13 Å². The van der Waals surface area contributed by atoms with Crippen LogP contribution in [0.3, 0.4) is 0 Å². The fraction of sp³-hybridized carbons (Fsp3) is 0.688. The van der Waals surface area contributed by atoms with Gasteiger partial charge in [0.1, 0.15) is 5.60 Å². The molecule has 1 saturated carbocycles. The first-order chi connectivity index (χ1) is 10.5. The van der Waals surface area contributed by atoms with Crippen molar-refractivity contribution in [2.45, 2.75) is 59.0 Å². The summed E-state index contributed by atoms with van der Waals surface area (Å²) in [7, 11) is 0. The minimum atomic E-state index is -0.757. The highest BCUT2D eigenvalue weighted by atomic mass is 32.1. The van der Waals surface area contributed by atoms with Gasteiger partial charge in [-0.3, -0.25) is 10.1 Å². The van der Waals surface area contributed by atoms with Crippen molar-refractivity contribution in [1.82, 2.24) is 4.98 Å². The summed E-state index contributed by atoms with van der Waals surface area (Å²) in [6, 6.07) is 0. The molecule has 0 bridgehead atoms. The van der Waals surface area contributed by atoms with E-state index in [1.54, 1.807) is 20.8 Å². The number of rotatable bonds is 4. The number of aliphatic carboxylic acids is 1. The van der Waals surface area contributed by atoms with Crippen molar-refractivity contribution < 1.29 is 19.4 Å². The lowest BCUT2D eigenvalue weighted by Crippen LogP contribution is -2.44. The number of ether oxygens (including phenoxy) is 1. The second-order valence-electron chi connectivity index (χ2n) is 7.61. The van der Waals surface area contributed by atoms with E-state index in [1.165, 1.54) is 11.3 Å². The maximum Gasteiger partial charge on any atom is 0.413 e. The lowest BCUT2D eigenvalue weighted by molar-refractivity contribution is -0.141. The normalized spacial score (nSPS) is 23.0. The molecule has 23 heavy (non-hydrogen) atoms. The van der Waals surface area contributed by atoms with Crippen molar-refractivity contribution in [3.05, 3.63) is 11.1 Å². The number of thiazole rings is 1. The van der Waals surface area contributed by atoms with Crippen molar-refractivity contribution in [3.8, 4) is 0 Å². The van der Waals surface area contributed by atoms with E-state index in [9.17, 15) is 9.59 Å². The molecule has 0 saturated heterocycles. The number of carboxylic acid groups (broad SMARTS) is 1. The fourth-order valence-corrected chi connectivity index (χ4v) is 3.72. The second kappa shape index (κ2) is 6.11. The van der Waals surface area contributed by atoms with Gasteiger partial charge in [-0.25, -0.2) is 9.78 Å². The van der Waals surface area contributed by atoms with Crippen LogP contribution in [0.5, 0.6) is 0 Å². The Bertz CT molecular complexity index is 603. The second-order valence-corrected chi connectivity index (χ2v) is 8.47. The van der Waals surface area contributed by atoms with E-state index in [0.717, 1.165) is 12.1 Å². The monoisotopic (exact) mass is 340 g/mol. The number of aromatic nitrogens is 1. The predicted molar refractivity (Wildman–Crippen MR) is 88.9 cm³/mol. The molecule has 2 rings (SSSR count). The molecule has 0 radical (unpaired) electrons. The Morgan fingerprint density at radius 2 is 2.13 bits per heavy atom. The number of nitrogens with zero attached hydrogens (tertiary/aromatic N) is 1. The van der Waals surface area contributed by atoms with E-state index in [1.807, 2.05) is 5.38 Å². The zero-order valence-electron chi connectivity index (χ0n) is 14.2. The molecule has 1 aliphatic carbocycles. The molecule has 1 amide bonds. The number of amides is 1. The maximum absolute atomic E-state index is 11.8. The Balaban J connectivity index is 1.98. The van der Waals surface area contributed by atoms with Gasteiger partial charge in [0.2, 0.25) is 0 Å². The van der Waals surface area contributed by atoms with Gasteiger partial charge >= 0.3 is 12.1 Å². The topological polar surface area (TPSA) is 88.5 Å². The highest BCUT2D eigenvalue weighted by Crippen LogP contribution is 2.58. The number of carbonyl (C=O) groups excluding carboxylic acids is 1. The van der Waals surface area contributed by atoms with E-state index >= 15 is 0 Å². The zero-order valence-corrected chi connectivity index (χ0v) is 15.0. The summed E-state index contributed by atoms with van der Waals surface area (Å²) in [5.74, 6) is -0.377. The highest BCUT2D eigenvalue weighted by Gasteiger charge is 2.50. The van der Waals surface area contributed by atoms with Crippen molar-refractivity contribution >= 4 is 28.5 Å². The van der Waals surface area contributed by atoms with Crippen LogP contribution >= 0.6 is 11.3 Å². The predicted octanol–water partition coefficient (Wildman–Crippen LogP) is 4.09. The Kier molecular flexibility index (Phi) is 4.71. The van der Waals surface area contributed by atoms with E-state index in [4.69, 9.17) is 9.84 Å². The smallest absolute Gasteiger partial charge is 0.413 e. The third-order valence-corrected chi connectivity index (χ3v) is 5.15. The van der Waals surface area contributed by atoms with Crippen LogP contribution in [0.4, 0.5) is 9.93 Å². The first kappa shape index (κ1) is 17.7. The van der Waals surface area contributed by atoms with Crippen LogP contribution in [0.25, 0.3) is 0 Å². The summed E-state index contributed by atoms with van der Waals surface area (Å²) in [6.45, 7) is 9.57. The van der Waals surface area contributed by atoms with E-state index in [0.29, 0.717) is 5.13 Å². The Morgan fingerprint density at radius 3 is 2.65 bits per heavy atom. The molecule has 128 valence electrons. The molecular formula is C16H24N2O4S. The highest BCUT2D eigenvalue weighted by molar-refractivity contribution is 7.13. The lowest BCUT2D eigenvalue weighted by atomic mass is 9.53. The Labute approximate surface area is 140 Å². The van der Waals surface area contributed by atoms with Crippen molar-refractivity contribution in [2.24, 2.45) is 11.3 Å². The molecule has 0 spiro atoms. The number of anilines is 1. The molecule has 1 aromatic heterocycles. The Morgan fingerprint density at radius 1 is 1.48 bits per heavy atom. The summed E-state index contributed by atoms with van der Waals surface area (Å²) in [5, 5.41) is 14.0. The van der Waals surface area contributed by atoms with E-state index in [-0.39, 0.29) is 23.7 Å². The van der Waals surface area contributed by atoms with Crippen molar-refractivity contribution in [2.75, 3.05) is 5.32 Å². The summed E-state index contributed by atoms with van der Waals surface area (Å²) in [4.78, 5) is 27.1. The van der Waals surface area contributed by atoms with Gasteiger partial charge in [-0.05, 0) is 38.5 Å². The molecule has 1 heterocycles. The number of carbonyl (C=O) groups is 2. The maximum atomic E-state index is 11.8. The molecule has 7 heteroatoms. The molecule has 0 unspecified atom stereocenters. The molecule has 0 aromatic carbocycles. The van der Waals surface area contributed by atoms with Crippen LogP contribution in [-0.2, 0) is 9.53 Å². The number of carboxylic acids is 1. The third kappa shape index (κ3) is 4.22. The number of nitrogens with one attached hydrogen (secondary N) is 1. The van der Waals surface area contributed by atoms with Crippen molar-refractivity contribution in [3.63, 3.8) is 0 Å². The van der Waals surface area contributed by atoms with Crippen LogP contribution in [-0.4, -0.2) is 27.8 Å².